The first-order valence-corrected chi connectivity index (χ1v) is 10.5. The van der Waals surface area contributed by atoms with Crippen LogP contribution in [0.2, 0.25) is 0 Å². The third kappa shape index (κ3) is 5.03. The molecule has 6 nitrogen and oxygen atoms in total. The van der Waals surface area contributed by atoms with Gasteiger partial charge in [0.15, 0.2) is 0 Å². The average Bonchev–Trinajstić information content (AvgIpc) is 3.08. The third-order valence-corrected chi connectivity index (χ3v) is 6.66. The molecule has 1 aromatic rings. The van der Waals surface area contributed by atoms with Crippen molar-refractivity contribution in [2.45, 2.75) is 51.2 Å². The number of carbonyl (C=O) groups is 1. The van der Waals surface area contributed by atoms with Crippen molar-refractivity contribution in [3.8, 4) is 0 Å². The monoisotopic (exact) mass is 367 g/mol. The Kier molecular flexibility index (Phi) is 6.98. The number of likely N-dealkylation sites (tertiary alicyclic amines) is 1. The van der Waals surface area contributed by atoms with E-state index in [2.05, 4.69) is 0 Å². The van der Waals surface area contributed by atoms with E-state index < -0.39 is 22.2 Å². The standard InChI is InChI=1S/C18H29N3O3S/c1-3-4-13-25(23,24)20(2)17-11-8-12-21(17)18(22)16(19)14-15-9-6-5-7-10-15/h5-7,9-10,16-17H,3-4,8,11-14,19H2,1-2H3. The van der Waals surface area contributed by atoms with Crippen LogP contribution in [0.1, 0.15) is 38.2 Å². The first-order valence-electron chi connectivity index (χ1n) is 8.92. The summed E-state index contributed by atoms with van der Waals surface area (Å²) in [5, 5.41) is 0. The second-order valence-corrected chi connectivity index (χ2v) is 8.78. The van der Waals surface area contributed by atoms with Crippen molar-refractivity contribution in [1.82, 2.24) is 9.21 Å². The van der Waals surface area contributed by atoms with Crippen LogP contribution in [-0.2, 0) is 21.2 Å². The quantitative estimate of drug-likeness (QED) is 0.756. The van der Waals surface area contributed by atoms with Crippen LogP contribution in [0.4, 0.5) is 0 Å². The summed E-state index contributed by atoms with van der Waals surface area (Å²) in [5.74, 6) is -0.0573. The zero-order valence-electron chi connectivity index (χ0n) is 15.1. The number of benzene rings is 1. The Labute approximate surface area is 151 Å². The minimum Gasteiger partial charge on any atom is -0.325 e. The molecule has 1 amide bonds. The number of unbranched alkanes of at least 4 members (excludes halogenated alkanes) is 1. The molecule has 1 saturated heterocycles. The molecule has 1 aliphatic rings. The van der Waals surface area contributed by atoms with E-state index >= 15 is 0 Å². The van der Waals surface area contributed by atoms with E-state index in [1.54, 1.807) is 11.9 Å². The molecule has 0 saturated carbocycles. The minimum absolute atomic E-state index is 0.120. The van der Waals surface area contributed by atoms with Crippen LogP contribution < -0.4 is 5.73 Å². The van der Waals surface area contributed by atoms with Crippen molar-refractivity contribution in [2.75, 3.05) is 19.3 Å². The van der Waals surface area contributed by atoms with Gasteiger partial charge in [0.05, 0.1) is 18.0 Å². The Hall–Kier alpha value is -1.44. The van der Waals surface area contributed by atoms with Gasteiger partial charge in [-0.1, -0.05) is 43.7 Å². The number of sulfonamides is 1. The SMILES string of the molecule is CCCCS(=O)(=O)N(C)C1CCCN1C(=O)C(N)Cc1ccccc1. The summed E-state index contributed by atoms with van der Waals surface area (Å²) in [6.07, 6.45) is 2.93. The van der Waals surface area contributed by atoms with Crippen LogP contribution in [-0.4, -0.2) is 55.1 Å². The summed E-state index contributed by atoms with van der Waals surface area (Å²) in [6.45, 7) is 2.52. The number of rotatable bonds is 8. The molecule has 25 heavy (non-hydrogen) atoms. The van der Waals surface area contributed by atoms with E-state index in [1.165, 1.54) is 4.31 Å². The molecule has 0 radical (unpaired) electrons. The van der Waals surface area contributed by atoms with Gasteiger partial charge in [-0.2, -0.15) is 4.31 Å². The van der Waals surface area contributed by atoms with E-state index in [9.17, 15) is 13.2 Å². The molecule has 0 bridgehead atoms. The summed E-state index contributed by atoms with van der Waals surface area (Å²) in [5.41, 5.74) is 7.12. The highest BCUT2D eigenvalue weighted by molar-refractivity contribution is 7.89. The number of carbonyl (C=O) groups excluding carboxylic acids is 1. The average molecular weight is 368 g/mol. The Morgan fingerprint density at radius 2 is 2.04 bits per heavy atom. The molecule has 1 aromatic carbocycles. The van der Waals surface area contributed by atoms with Gasteiger partial charge < -0.3 is 10.6 Å². The van der Waals surface area contributed by atoms with Crippen molar-refractivity contribution in [3.05, 3.63) is 35.9 Å². The highest BCUT2D eigenvalue weighted by Crippen LogP contribution is 2.23. The van der Waals surface area contributed by atoms with Gasteiger partial charge in [0.2, 0.25) is 15.9 Å². The lowest BCUT2D eigenvalue weighted by Crippen LogP contribution is -2.53. The van der Waals surface area contributed by atoms with Gasteiger partial charge in [-0.05, 0) is 31.2 Å². The maximum atomic E-state index is 12.8. The molecule has 7 heteroatoms. The fraction of sp³-hybridized carbons (Fsp3) is 0.611. The van der Waals surface area contributed by atoms with Gasteiger partial charge in [-0.3, -0.25) is 4.79 Å². The lowest BCUT2D eigenvalue weighted by atomic mass is 10.1. The van der Waals surface area contributed by atoms with Crippen molar-refractivity contribution < 1.29 is 13.2 Å². The van der Waals surface area contributed by atoms with Crippen LogP contribution in [0.3, 0.4) is 0 Å². The van der Waals surface area contributed by atoms with Gasteiger partial charge in [0, 0.05) is 13.6 Å². The largest absolute Gasteiger partial charge is 0.325 e. The lowest BCUT2D eigenvalue weighted by molar-refractivity contribution is -0.135. The molecule has 1 fully saturated rings. The van der Waals surface area contributed by atoms with Crippen LogP contribution in [0.15, 0.2) is 30.3 Å². The summed E-state index contributed by atoms with van der Waals surface area (Å²) in [7, 11) is -1.78. The molecule has 1 aliphatic heterocycles. The van der Waals surface area contributed by atoms with E-state index in [4.69, 9.17) is 5.73 Å². The Bertz CT molecular complexity index is 663. The summed E-state index contributed by atoms with van der Waals surface area (Å²) < 4.78 is 26.3. The lowest BCUT2D eigenvalue weighted by Gasteiger charge is -2.33. The Morgan fingerprint density at radius 3 is 2.68 bits per heavy atom. The maximum absolute atomic E-state index is 12.8. The number of hydrogen-bond acceptors (Lipinski definition) is 4. The molecule has 1 heterocycles. The van der Waals surface area contributed by atoms with Crippen molar-refractivity contribution in [3.63, 3.8) is 0 Å². The molecule has 0 aliphatic carbocycles. The fourth-order valence-corrected chi connectivity index (χ4v) is 4.74. The minimum atomic E-state index is -3.36. The van der Waals surface area contributed by atoms with Gasteiger partial charge in [-0.15, -0.1) is 0 Å². The number of nitrogens with two attached hydrogens (primary N) is 1. The van der Waals surface area contributed by atoms with Crippen LogP contribution >= 0.6 is 0 Å². The van der Waals surface area contributed by atoms with Gasteiger partial charge in [0.1, 0.15) is 0 Å². The molecular formula is C18H29N3O3S. The highest BCUT2D eigenvalue weighted by Gasteiger charge is 2.38. The van der Waals surface area contributed by atoms with Gasteiger partial charge in [0.25, 0.3) is 0 Å². The smallest absolute Gasteiger partial charge is 0.241 e. The van der Waals surface area contributed by atoms with Crippen LogP contribution in [0.25, 0.3) is 0 Å². The predicted octanol–water partition coefficient (Wildman–Crippen LogP) is 1.57. The molecular weight excluding hydrogens is 338 g/mol. The Morgan fingerprint density at radius 1 is 1.36 bits per heavy atom. The van der Waals surface area contributed by atoms with E-state index in [-0.39, 0.29) is 11.7 Å². The zero-order valence-corrected chi connectivity index (χ0v) is 15.9. The summed E-state index contributed by atoms with van der Waals surface area (Å²) in [4.78, 5) is 14.4. The van der Waals surface area contributed by atoms with E-state index in [0.717, 1.165) is 18.4 Å². The number of nitrogens with zero attached hydrogens (tertiary/aromatic N) is 2. The normalized spacial score (nSPS) is 19.4. The fourth-order valence-electron chi connectivity index (χ4n) is 3.21. The maximum Gasteiger partial charge on any atom is 0.241 e. The highest BCUT2D eigenvalue weighted by atomic mass is 32.2. The van der Waals surface area contributed by atoms with Crippen LogP contribution in [0.5, 0.6) is 0 Å². The number of hydrogen-bond donors (Lipinski definition) is 1. The molecule has 2 atom stereocenters. The Balaban J connectivity index is 2.05. The molecule has 140 valence electrons. The van der Waals surface area contributed by atoms with Crippen molar-refractivity contribution in [2.24, 2.45) is 5.73 Å². The molecule has 2 N–H and O–H groups in total. The van der Waals surface area contributed by atoms with E-state index in [1.807, 2.05) is 37.3 Å². The topological polar surface area (TPSA) is 83.7 Å². The molecule has 0 spiro atoms. The first kappa shape index (κ1) is 19.9. The predicted molar refractivity (Wildman–Crippen MR) is 99.3 cm³/mol. The number of amides is 1. The molecule has 2 unspecified atom stereocenters. The second-order valence-electron chi connectivity index (χ2n) is 6.64. The summed E-state index contributed by atoms with van der Waals surface area (Å²) >= 11 is 0. The first-order chi connectivity index (χ1) is 11.9. The van der Waals surface area contributed by atoms with Gasteiger partial charge in [-0.25, -0.2) is 8.42 Å². The molecule has 2 rings (SSSR count). The zero-order chi connectivity index (χ0) is 18.4. The van der Waals surface area contributed by atoms with Crippen LogP contribution in [0, 0.1) is 0 Å². The second kappa shape index (κ2) is 8.78. The third-order valence-electron chi connectivity index (χ3n) is 4.73. The van der Waals surface area contributed by atoms with Crippen molar-refractivity contribution in [1.29, 1.82) is 0 Å². The van der Waals surface area contributed by atoms with Gasteiger partial charge >= 0.3 is 0 Å². The molecule has 0 aromatic heterocycles. The van der Waals surface area contributed by atoms with Crippen molar-refractivity contribution >= 4 is 15.9 Å². The summed E-state index contributed by atoms with van der Waals surface area (Å²) in [6, 6.07) is 8.98. The van der Waals surface area contributed by atoms with E-state index in [0.29, 0.717) is 25.8 Å².